The first-order chi connectivity index (χ1) is 12.4. The van der Waals surface area contributed by atoms with Gasteiger partial charge in [-0.1, -0.05) is 42.5 Å². The summed E-state index contributed by atoms with van der Waals surface area (Å²) in [5.41, 5.74) is 5.62. The van der Waals surface area contributed by atoms with E-state index in [-0.39, 0.29) is 17.9 Å². The first kappa shape index (κ1) is 20.9. The lowest BCUT2D eigenvalue weighted by Crippen LogP contribution is -3.00. The highest BCUT2D eigenvalue weighted by molar-refractivity contribution is 5.69. The van der Waals surface area contributed by atoms with Crippen LogP contribution in [0.3, 0.4) is 0 Å². The molecule has 2 N–H and O–H groups in total. The number of halogens is 1. The quantitative estimate of drug-likeness (QED) is 0.577. The molecule has 2 heterocycles. The van der Waals surface area contributed by atoms with Crippen molar-refractivity contribution in [1.29, 1.82) is 0 Å². The normalized spacial score (nSPS) is 17.3. The molecule has 2 aromatic rings. The van der Waals surface area contributed by atoms with Crippen molar-refractivity contribution >= 4 is 17.6 Å². The monoisotopic (exact) mass is 382 g/mol. The molecule has 0 saturated carbocycles. The Kier molecular flexibility index (Phi) is 7.83. The van der Waals surface area contributed by atoms with Crippen LogP contribution in [0.1, 0.15) is 24.0 Å². The van der Waals surface area contributed by atoms with Gasteiger partial charge in [0.2, 0.25) is 5.69 Å². The number of para-hydroxylation sites is 2. The number of allylic oxidation sites excluding steroid dienone is 3. The molecular formula is C23H27ClN2O. The van der Waals surface area contributed by atoms with Gasteiger partial charge in [0.05, 0.1) is 0 Å². The lowest BCUT2D eigenvalue weighted by Gasteiger charge is -2.27. The van der Waals surface area contributed by atoms with Gasteiger partial charge in [0.25, 0.3) is 0 Å². The summed E-state index contributed by atoms with van der Waals surface area (Å²) in [4.78, 5) is 2.36. The highest BCUT2D eigenvalue weighted by Gasteiger charge is 2.18. The Labute approximate surface area is 168 Å². The van der Waals surface area contributed by atoms with E-state index in [1.54, 1.807) is 0 Å². The zero-order valence-electron chi connectivity index (χ0n) is 15.5. The minimum absolute atomic E-state index is 0. The summed E-state index contributed by atoms with van der Waals surface area (Å²) in [6.45, 7) is 2.20. The lowest BCUT2D eigenvalue weighted by molar-refractivity contribution is -0.440. The Morgan fingerprint density at radius 3 is 2.44 bits per heavy atom. The average Bonchev–Trinajstić information content (AvgIpc) is 2.68. The number of anilines is 1. The van der Waals surface area contributed by atoms with Crippen LogP contribution in [0, 0.1) is 0 Å². The molecule has 0 unspecified atom stereocenters. The zero-order chi connectivity index (χ0) is 16.9. The van der Waals surface area contributed by atoms with Gasteiger partial charge in [0.1, 0.15) is 6.54 Å². The maximum atomic E-state index is 2.36. The summed E-state index contributed by atoms with van der Waals surface area (Å²) in [6, 6.07) is 17.5. The molecular weight excluding hydrogens is 356 g/mol. The second-order valence-corrected chi connectivity index (χ2v) is 6.73. The molecule has 0 bridgehead atoms. The van der Waals surface area contributed by atoms with Crippen LogP contribution in [-0.2, 0) is 12.8 Å². The Bertz CT molecular complexity index is 842. The summed E-state index contributed by atoms with van der Waals surface area (Å²) in [6.07, 6.45) is 15.7. The highest BCUT2D eigenvalue weighted by atomic mass is 35.5. The number of hydrogen-bond donors (Lipinski definition) is 0. The topological polar surface area (TPSA) is 37.8 Å². The first-order valence-electron chi connectivity index (χ1n) is 9.29. The number of nitrogens with zero attached hydrogens (tertiary/aromatic N) is 2. The number of benzene rings is 2. The molecule has 0 aliphatic carbocycles. The molecule has 4 rings (SSSR count). The Morgan fingerprint density at radius 2 is 1.56 bits per heavy atom. The van der Waals surface area contributed by atoms with Crippen LogP contribution in [-0.4, -0.2) is 29.4 Å². The van der Waals surface area contributed by atoms with Crippen LogP contribution in [0.4, 0.5) is 11.4 Å². The standard InChI is InChI=1S/C23H25N2.ClH.H2O/c1(6-16-24-18-8-12-20-10-2-4-14-22(20)24)7-17-25-19-9-13-21-11-3-5-15-23(21)25;;/h1-7,10-11,14-17H,8-9,12-13,18-19H2;1H;1H2/q+1;;/p-1. The van der Waals surface area contributed by atoms with Crippen molar-refractivity contribution in [3.8, 4) is 0 Å². The summed E-state index contributed by atoms with van der Waals surface area (Å²) < 4.78 is 2.36. The van der Waals surface area contributed by atoms with Crippen LogP contribution >= 0.6 is 0 Å². The zero-order valence-corrected chi connectivity index (χ0v) is 16.3. The molecule has 0 aromatic heterocycles. The molecule has 4 heteroatoms. The van der Waals surface area contributed by atoms with E-state index < -0.39 is 0 Å². The van der Waals surface area contributed by atoms with Crippen LogP contribution in [0.5, 0.6) is 0 Å². The molecule has 2 aliphatic rings. The second-order valence-electron chi connectivity index (χ2n) is 6.73. The van der Waals surface area contributed by atoms with Gasteiger partial charge in [0, 0.05) is 42.6 Å². The van der Waals surface area contributed by atoms with E-state index in [9.17, 15) is 0 Å². The van der Waals surface area contributed by atoms with E-state index >= 15 is 0 Å². The maximum absolute atomic E-state index is 2.36. The van der Waals surface area contributed by atoms with E-state index in [4.69, 9.17) is 0 Å². The Hall–Kier alpha value is -2.36. The minimum Gasteiger partial charge on any atom is -1.00 e. The predicted molar refractivity (Wildman–Crippen MR) is 110 cm³/mol. The van der Waals surface area contributed by atoms with Gasteiger partial charge in [-0.15, -0.1) is 0 Å². The average molecular weight is 383 g/mol. The molecule has 0 fully saturated rings. The SMILES string of the molecule is C(=CC=[N+]1CCCc2ccccc21)C=CN1CCCc2ccccc21.O.[Cl-]. The maximum Gasteiger partial charge on any atom is 0.208 e. The third-order valence-corrected chi connectivity index (χ3v) is 5.05. The van der Waals surface area contributed by atoms with Crippen molar-refractivity contribution in [1.82, 2.24) is 0 Å². The Balaban J connectivity index is 0.00000131. The number of rotatable bonds is 3. The number of aryl methyl sites for hydroxylation is 2. The van der Waals surface area contributed by atoms with Crippen molar-refractivity contribution in [2.24, 2.45) is 0 Å². The molecule has 0 radical (unpaired) electrons. The van der Waals surface area contributed by atoms with Crippen molar-refractivity contribution in [3.63, 3.8) is 0 Å². The summed E-state index contributed by atoms with van der Waals surface area (Å²) in [5, 5.41) is 0. The fourth-order valence-corrected chi connectivity index (χ4v) is 3.81. The number of fused-ring (bicyclic) bond motifs is 2. The summed E-state index contributed by atoms with van der Waals surface area (Å²) in [7, 11) is 0. The molecule has 0 saturated heterocycles. The van der Waals surface area contributed by atoms with E-state index in [0.717, 1.165) is 13.1 Å². The molecule has 0 spiro atoms. The summed E-state index contributed by atoms with van der Waals surface area (Å²) in [5.74, 6) is 0. The van der Waals surface area contributed by atoms with Gasteiger partial charge in [-0.25, -0.2) is 0 Å². The van der Waals surface area contributed by atoms with Crippen LogP contribution in [0.15, 0.2) is 73.0 Å². The number of hydrogen-bond acceptors (Lipinski definition) is 1. The van der Waals surface area contributed by atoms with Crippen molar-refractivity contribution < 1.29 is 22.5 Å². The molecule has 2 aliphatic heterocycles. The van der Waals surface area contributed by atoms with Crippen LogP contribution < -0.4 is 17.3 Å². The first-order valence-corrected chi connectivity index (χ1v) is 9.29. The van der Waals surface area contributed by atoms with Gasteiger partial charge in [0.15, 0.2) is 6.21 Å². The Morgan fingerprint density at radius 1 is 0.815 bits per heavy atom. The fourth-order valence-electron chi connectivity index (χ4n) is 3.81. The third-order valence-electron chi connectivity index (χ3n) is 5.05. The fraction of sp³-hybridized carbons (Fsp3) is 0.261. The van der Waals surface area contributed by atoms with Crippen LogP contribution in [0.2, 0.25) is 0 Å². The van der Waals surface area contributed by atoms with Crippen molar-refractivity contribution in [2.75, 3.05) is 18.0 Å². The van der Waals surface area contributed by atoms with Gasteiger partial charge >= 0.3 is 0 Å². The molecule has 0 amide bonds. The lowest BCUT2D eigenvalue weighted by atomic mass is 10.0. The van der Waals surface area contributed by atoms with Gasteiger partial charge in [-0.3, -0.25) is 0 Å². The summed E-state index contributed by atoms with van der Waals surface area (Å²) >= 11 is 0. The molecule has 2 aromatic carbocycles. The minimum atomic E-state index is 0. The van der Waals surface area contributed by atoms with E-state index in [1.165, 1.54) is 48.2 Å². The van der Waals surface area contributed by atoms with Crippen LogP contribution in [0.25, 0.3) is 0 Å². The highest BCUT2D eigenvalue weighted by Crippen LogP contribution is 2.27. The van der Waals surface area contributed by atoms with Gasteiger partial charge in [-0.2, -0.15) is 4.58 Å². The van der Waals surface area contributed by atoms with E-state index in [0.29, 0.717) is 0 Å². The van der Waals surface area contributed by atoms with Crippen molar-refractivity contribution in [3.05, 3.63) is 84.1 Å². The smallest absolute Gasteiger partial charge is 0.208 e. The molecule has 27 heavy (non-hydrogen) atoms. The molecule has 142 valence electrons. The third kappa shape index (κ3) is 4.88. The largest absolute Gasteiger partial charge is 1.00 e. The van der Waals surface area contributed by atoms with Gasteiger partial charge < -0.3 is 22.8 Å². The van der Waals surface area contributed by atoms with Crippen molar-refractivity contribution in [2.45, 2.75) is 25.7 Å². The molecule has 3 nitrogen and oxygen atoms in total. The van der Waals surface area contributed by atoms with E-state index in [2.05, 4.69) is 88.6 Å². The van der Waals surface area contributed by atoms with Gasteiger partial charge in [-0.05, 0) is 37.0 Å². The van der Waals surface area contributed by atoms with E-state index in [1.807, 2.05) is 0 Å². The predicted octanol–water partition coefficient (Wildman–Crippen LogP) is 1.05. The molecule has 0 atom stereocenters. The second kappa shape index (κ2) is 10.1.